The van der Waals surface area contributed by atoms with Gasteiger partial charge in [0.05, 0.1) is 12.1 Å². The van der Waals surface area contributed by atoms with Crippen molar-refractivity contribution in [3.63, 3.8) is 0 Å². The zero-order chi connectivity index (χ0) is 22.4. The molecule has 0 bridgehead atoms. The van der Waals surface area contributed by atoms with Crippen molar-refractivity contribution >= 4 is 35.5 Å². The number of aliphatic carboxylic acids is 1. The Balaban J connectivity index is 2.10. The molecule has 5 atom stereocenters. The first-order chi connectivity index (χ1) is 14.2. The Hall–Kier alpha value is -1.85. The van der Waals surface area contributed by atoms with Crippen LogP contribution in [0.2, 0.25) is 0 Å². The van der Waals surface area contributed by atoms with Crippen LogP contribution in [0.4, 0.5) is 0 Å². The molecule has 0 saturated carbocycles. The van der Waals surface area contributed by atoms with E-state index in [2.05, 4.69) is 5.32 Å². The van der Waals surface area contributed by atoms with Crippen molar-refractivity contribution in [1.82, 2.24) is 15.1 Å². The Labute approximate surface area is 180 Å². The second-order valence-electron chi connectivity index (χ2n) is 7.83. The molecule has 0 aromatic rings. The maximum absolute atomic E-state index is 13.1. The van der Waals surface area contributed by atoms with Crippen LogP contribution in [0.1, 0.15) is 39.0 Å². The van der Waals surface area contributed by atoms with Gasteiger partial charge in [0.15, 0.2) is 0 Å². The third-order valence-corrected chi connectivity index (χ3v) is 6.30. The summed E-state index contributed by atoms with van der Waals surface area (Å²) >= 11 is 1.55. The van der Waals surface area contributed by atoms with Gasteiger partial charge >= 0.3 is 5.97 Å². The summed E-state index contributed by atoms with van der Waals surface area (Å²) in [4.78, 5) is 52.6. The highest BCUT2D eigenvalue weighted by atomic mass is 32.2. The molecule has 2 aliphatic heterocycles. The van der Waals surface area contributed by atoms with Gasteiger partial charge in [-0.05, 0) is 51.0 Å². The minimum Gasteiger partial charge on any atom is -0.480 e. The summed E-state index contributed by atoms with van der Waals surface area (Å²) in [5, 5.41) is 22.0. The van der Waals surface area contributed by atoms with Gasteiger partial charge < -0.3 is 31.1 Å². The molecule has 0 aliphatic carbocycles. The van der Waals surface area contributed by atoms with Crippen LogP contribution in [0.15, 0.2) is 0 Å². The number of nitrogens with two attached hydrogens (primary N) is 1. The summed E-state index contributed by atoms with van der Waals surface area (Å²) < 4.78 is 0. The average molecular weight is 445 g/mol. The van der Waals surface area contributed by atoms with Crippen LogP contribution in [0.25, 0.3) is 0 Å². The van der Waals surface area contributed by atoms with E-state index in [0.717, 1.165) is 0 Å². The summed E-state index contributed by atoms with van der Waals surface area (Å²) in [5.74, 6) is -1.85. The lowest BCUT2D eigenvalue weighted by Crippen LogP contribution is -2.59. The number of carboxylic acid groups (broad SMARTS) is 1. The van der Waals surface area contributed by atoms with Gasteiger partial charge in [0.25, 0.3) is 0 Å². The molecule has 0 aromatic carbocycles. The van der Waals surface area contributed by atoms with Gasteiger partial charge in [-0.3, -0.25) is 14.4 Å². The standard InChI is InChI=1S/C19H32N4O6S/c1-11(24)15(21-16(25)12(20)7-10-30-2)18(27)22-8-3-5-13(22)17(26)23-9-4-6-14(23)19(28)29/h11-15,24H,3-10,20H2,1-2H3,(H,21,25)(H,28,29). The van der Waals surface area contributed by atoms with E-state index in [4.69, 9.17) is 5.73 Å². The molecule has 0 aromatic heterocycles. The molecular weight excluding hydrogens is 412 g/mol. The van der Waals surface area contributed by atoms with Crippen molar-refractivity contribution in [1.29, 1.82) is 0 Å². The van der Waals surface area contributed by atoms with Crippen LogP contribution >= 0.6 is 11.8 Å². The average Bonchev–Trinajstić information content (AvgIpc) is 3.38. The number of hydrogen-bond donors (Lipinski definition) is 4. The van der Waals surface area contributed by atoms with E-state index in [1.807, 2.05) is 6.26 Å². The number of nitrogens with one attached hydrogen (secondary N) is 1. The van der Waals surface area contributed by atoms with Crippen molar-refractivity contribution in [3.05, 3.63) is 0 Å². The summed E-state index contributed by atoms with van der Waals surface area (Å²) in [7, 11) is 0. The molecule has 3 amide bonds. The molecule has 2 rings (SSSR count). The summed E-state index contributed by atoms with van der Waals surface area (Å²) in [6, 6.07) is -3.69. The lowest BCUT2D eigenvalue weighted by molar-refractivity contribution is -0.153. The second-order valence-corrected chi connectivity index (χ2v) is 8.82. The van der Waals surface area contributed by atoms with Gasteiger partial charge in [-0.15, -0.1) is 0 Å². The van der Waals surface area contributed by atoms with Gasteiger partial charge in [0, 0.05) is 13.1 Å². The number of thioether (sulfide) groups is 1. The Morgan fingerprint density at radius 1 is 1.13 bits per heavy atom. The van der Waals surface area contributed by atoms with E-state index in [1.54, 1.807) is 11.8 Å². The number of aliphatic hydroxyl groups excluding tert-OH is 1. The maximum Gasteiger partial charge on any atom is 0.326 e. The molecule has 30 heavy (non-hydrogen) atoms. The fourth-order valence-electron chi connectivity index (χ4n) is 3.97. The first kappa shape index (κ1) is 24.4. The van der Waals surface area contributed by atoms with E-state index in [1.165, 1.54) is 16.7 Å². The number of amides is 3. The summed E-state index contributed by atoms with van der Waals surface area (Å²) in [6.07, 6.45) is 3.15. The van der Waals surface area contributed by atoms with Crippen molar-refractivity contribution in [3.8, 4) is 0 Å². The molecule has 2 saturated heterocycles. The van der Waals surface area contributed by atoms with Crippen LogP contribution in [0.5, 0.6) is 0 Å². The largest absolute Gasteiger partial charge is 0.480 e. The first-order valence-corrected chi connectivity index (χ1v) is 11.6. The number of carboxylic acids is 1. The lowest BCUT2D eigenvalue weighted by atomic mass is 10.1. The van der Waals surface area contributed by atoms with E-state index in [9.17, 15) is 29.4 Å². The smallest absolute Gasteiger partial charge is 0.326 e. The Morgan fingerprint density at radius 2 is 1.73 bits per heavy atom. The summed E-state index contributed by atoms with van der Waals surface area (Å²) in [5.41, 5.74) is 5.86. The normalized spacial score (nSPS) is 24.4. The number of likely N-dealkylation sites (tertiary alicyclic amines) is 2. The summed E-state index contributed by atoms with van der Waals surface area (Å²) in [6.45, 7) is 2.04. The number of carbonyl (C=O) groups excluding carboxylic acids is 3. The Morgan fingerprint density at radius 3 is 2.30 bits per heavy atom. The van der Waals surface area contributed by atoms with Crippen molar-refractivity contribution < 1.29 is 29.4 Å². The number of aliphatic hydroxyl groups is 1. The highest BCUT2D eigenvalue weighted by Gasteiger charge is 2.44. The zero-order valence-corrected chi connectivity index (χ0v) is 18.3. The number of carbonyl (C=O) groups is 4. The monoisotopic (exact) mass is 444 g/mol. The molecule has 2 aliphatic rings. The molecular formula is C19H32N4O6S. The lowest BCUT2D eigenvalue weighted by Gasteiger charge is -2.33. The molecule has 5 unspecified atom stereocenters. The van der Waals surface area contributed by atoms with Crippen LogP contribution in [0.3, 0.4) is 0 Å². The molecule has 11 heteroatoms. The van der Waals surface area contributed by atoms with E-state index in [-0.39, 0.29) is 0 Å². The molecule has 0 spiro atoms. The fraction of sp³-hybridized carbons (Fsp3) is 0.789. The van der Waals surface area contributed by atoms with Crippen molar-refractivity contribution in [2.75, 3.05) is 25.1 Å². The predicted molar refractivity (Wildman–Crippen MR) is 112 cm³/mol. The molecule has 2 heterocycles. The highest BCUT2D eigenvalue weighted by Crippen LogP contribution is 2.25. The number of hydrogen-bond acceptors (Lipinski definition) is 7. The third-order valence-electron chi connectivity index (χ3n) is 5.66. The molecule has 170 valence electrons. The van der Waals surface area contributed by atoms with Gasteiger partial charge in [0.1, 0.15) is 18.1 Å². The Bertz CT molecular complexity index is 661. The van der Waals surface area contributed by atoms with Crippen molar-refractivity contribution in [2.24, 2.45) is 5.73 Å². The zero-order valence-electron chi connectivity index (χ0n) is 17.5. The van der Waals surface area contributed by atoms with Crippen molar-refractivity contribution in [2.45, 2.75) is 69.3 Å². The first-order valence-electron chi connectivity index (χ1n) is 10.3. The van der Waals surface area contributed by atoms with Crippen LogP contribution in [-0.2, 0) is 19.2 Å². The number of nitrogens with zero attached hydrogens (tertiary/aromatic N) is 2. The third kappa shape index (κ3) is 5.64. The second kappa shape index (κ2) is 11.0. The molecule has 0 radical (unpaired) electrons. The number of rotatable bonds is 9. The van der Waals surface area contributed by atoms with Gasteiger partial charge in [0.2, 0.25) is 17.7 Å². The predicted octanol–water partition coefficient (Wildman–Crippen LogP) is -1.00. The van der Waals surface area contributed by atoms with Gasteiger partial charge in [-0.25, -0.2) is 4.79 Å². The molecule has 10 nitrogen and oxygen atoms in total. The highest BCUT2D eigenvalue weighted by molar-refractivity contribution is 7.98. The van der Waals surface area contributed by atoms with Crippen LogP contribution in [-0.4, -0.2) is 99.1 Å². The van der Waals surface area contributed by atoms with Gasteiger partial charge in [-0.1, -0.05) is 0 Å². The Kier molecular flexibility index (Phi) is 8.92. The van der Waals surface area contributed by atoms with Crippen LogP contribution in [0, 0.1) is 0 Å². The topological polar surface area (TPSA) is 153 Å². The quantitative estimate of drug-likeness (QED) is 0.353. The minimum absolute atomic E-state index is 0.304. The van der Waals surface area contributed by atoms with Crippen LogP contribution < -0.4 is 11.1 Å². The van der Waals surface area contributed by atoms with E-state index < -0.39 is 54.0 Å². The van der Waals surface area contributed by atoms with Gasteiger partial charge in [-0.2, -0.15) is 11.8 Å². The van der Waals surface area contributed by atoms with E-state index >= 15 is 0 Å². The van der Waals surface area contributed by atoms with E-state index in [0.29, 0.717) is 50.9 Å². The molecule has 5 N–H and O–H groups in total. The fourth-order valence-corrected chi connectivity index (χ4v) is 4.46. The minimum atomic E-state index is -1.22. The maximum atomic E-state index is 13.1. The molecule has 2 fully saturated rings. The SMILES string of the molecule is CSCCC(N)C(=O)NC(C(=O)N1CCCC1C(=O)N1CCCC1C(=O)O)C(C)O.